The van der Waals surface area contributed by atoms with Crippen LogP contribution in [0.15, 0.2) is 47.6 Å². The summed E-state index contributed by atoms with van der Waals surface area (Å²) < 4.78 is 11.3. The Hall–Kier alpha value is -3.29. The highest BCUT2D eigenvalue weighted by molar-refractivity contribution is 5.79. The predicted molar refractivity (Wildman–Crippen MR) is 125 cm³/mol. The van der Waals surface area contributed by atoms with E-state index in [0.29, 0.717) is 31.2 Å². The van der Waals surface area contributed by atoms with Gasteiger partial charge in [0.05, 0.1) is 13.2 Å². The third-order valence-electron chi connectivity index (χ3n) is 4.99. The van der Waals surface area contributed by atoms with Crippen molar-refractivity contribution in [2.45, 2.75) is 39.7 Å². The standard InChI is InChI=1S/C24H33N5O3/c1-3-25-24(27-13-6-16-29-15-5-7-23(29)30)28-18-19-12-14-26-22(17-19)32-21-10-8-20(9-11-21)31-4-2/h8-12,14,17H,3-7,13,15-16,18H2,1-2H3,(H2,25,27,28). The van der Waals surface area contributed by atoms with Crippen molar-refractivity contribution in [2.75, 3.05) is 32.8 Å². The van der Waals surface area contributed by atoms with E-state index in [1.807, 2.05) is 55.1 Å². The van der Waals surface area contributed by atoms with Gasteiger partial charge in [-0.25, -0.2) is 9.98 Å². The number of likely N-dealkylation sites (tertiary alicyclic amines) is 1. The summed E-state index contributed by atoms with van der Waals surface area (Å²) in [6.07, 6.45) is 4.29. The molecule has 1 aliphatic rings. The predicted octanol–water partition coefficient (Wildman–Crippen LogP) is 3.34. The summed E-state index contributed by atoms with van der Waals surface area (Å²) in [4.78, 5) is 22.6. The van der Waals surface area contributed by atoms with Crippen LogP contribution in [0.25, 0.3) is 0 Å². The maximum atomic E-state index is 11.7. The van der Waals surface area contributed by atoms with Gasteiger partial charge in [0.1, 0.15) is 11.5 Å². The first-order valence-electron chi connectivity index (χ1n) is 11.3. The molecule has 32 heavy (non-hydrogen) atoms. The Bertz CT molecular complexity index is 885. The highest BCUT2D eigenvalue weighted by atomic mass is 16.5. The van der Waals surface area contributed by atoms with Gasteiger partial charge < -0.3 is 25.0 Å². The normalized spacial score (nSPS) is 13.9. The first-order valence-corrected chi connectivity index (χ1v) is 11.3. The highest BCUT2D eigenvalue weighted by Gasteiger charge is 2.18. The fourth-order valence-electron chi connectivity index (χ4n) is 3.43. The van der Waals surface area contributed by atoms with Gasteiger partial charge in [0.2, 0.25) is 11.8 Å². The summed E-state index contributed by atoms with van der Waals surface area (Å²) in [6, 6.07) is 11.3. The molecule has 0 spiro atoms. The van der Waals surface area contributed by atoms with Gasteiger partial charge >= 0.3 is 0 Å². The Morgan fingerprint density at radius 2 is 1.97 bits per heavy atom. The van der Waals surface area contributed by atoms with Crippen molar-refractivity contribution < 1.29 is 14.3 Å². The van der Waals surface area contributed by atoms with E-state index in [1.54, 1.807) is 6.20 Å². The van der Waals surface area contributed by atoms with Crippen molar-refractivity contribution >= 4 is 11.9 Å². The summed E-state index contributed by atoms with van der Waals surface area (Å²) >= 11 is 0. The van der Waals surface area contributed by atoms with Crippen LogP contribution in [-0.2, 0) is 11.3 Å². The summed E-state index contributed by atoms with van der Waals surface area (Å²) in [7, 11) is 0. The van der Waals surface area contributed by atoms with E-state index in [9.17, 15) is 4.79 Å². The Balaban J connectivity index is 1.50. The molecule has 8 heteroatoms. The maximum Gasteiger partial charge on any atom is 0.222 e. The van der Waals surface area contributed by atoms with Crippen LogP contribution in [0.1, 0.15) is 38.7 Å². The summed E-state index contributed by atoms with van der Waals surface area (Å²) in [6.45, 7) is 8.34. The molecule has 0 unspecified atom stereocenters. The third-order valence-corrected chi connectivity index (χ3v) is 4.99. The molecular formula is C24H33N5O3. The molecule has 2 N–H and O–H groups in total. The SMILES string of the molecule is CCNC(=NCc1ccnc(Oc2ccc(OCC)cc2)c1)NCCCN1CCCC1=O. The van der Waals surface area contributed by atoms with Crippen LogP contribution in [0.5, 0.6) is 17.4 Å². The molecule has 1 fully saturated rings. The largest absolute Gasteiger partial charge is 0.494 e. The third kappa shape index (κ3) is 7.44. The number of hydrogen-bond donors (Lipinski definition) is 2. The number of ether oxygens (including phenoxy) is 2. The molecule has 3 rings (SSSR count). The minimum atomic E-state index is 0.270. The lowest BCUT2D eigenvalue weighted by Crippen LogP contribution is -2.39. The van der Waals surface area contributed by atoms with Gasteiger partial charge in [0.15, 0.2) is 5.96 Å². The van der Waals surface area contributed by atoms with Gasteiger partial charge in [-0.15, -0.1) is 0 Å². The Kier molecular flexibility index (Phi) is 9.16. The lowest BCUT2D eigenvalue weighted by molar-refractivity contribution is -0.127. The zero-order chi connectivity index (χ0) is 22.6. The Labute approximate surface area is 190 Å². The van der Waals surface area contributed by atoms with E-state index in [-0.39, 0.29) is 5.91 Å². The molecule has 8 nitrogen and oxygen atoms in total. The van der Waals surface area contributed by atoms with E-state index >= 15 is 0 Å². The zero-order valence-corrected chi connectivity index (χ0v) is 19.0. The summed E-state index contributed by atoms with van der Waals surface area (Å²) in [5.74, 6) is 3.06. The van der Waals surface area contributed by atoms with E-state index in [1.165, 1.54) is 0 Å². The molecule has 0 bridgehead atoms. The topological polar surface area (TPSA) is 88.1 Å². The van der Waals surface area contributed by atoms with Crippen molar-refractivity contribution in [2.24, 2.45) is 4.99 Å². The highest BCUT2D eigenvalue weighted by Crippen LogP contribution is 2.23. The van der Waals surface area contributed by atoms with Gasteiger partial charge in [-0.1, -0.05) is 0 Å². The summed E-state index contributed by atoms with van der Waals surface area (Å²) in [5, 5.41) is 6.60. The number of carbonyl (C=O) groups excluding carboxylic acids is 1. The second kappa shape index (κ2) is 12.5. The first kappa shape index (κ1) is 23.4. The minimum Gasteiger partial charge on any atom is -0.494 e. The van der Waals surface area contributed by atoms with Crippen molar-refractivity contribution in [1.29, 1.82) is 0 Å². The van der Waals surface area contributed by atoms with Crippen LogP contribution in [0, 0.1) is 0 Å². The van der Waals surface area contributed by atoms with Crippen molar-refractivity contribution in [1.82, 2.24) is 20.5 Å². The lowest BCUT2D eigenvalue weighted by Gasteiger charge is -2.16. The van der Waals surface area contributed by atoms with Gasteiger partial charge in [-0.2, -0.15) is 0 Å². The molecule has 1 aliphatic heterocycles. The number of hydrogen-bond acceptors (Lipinski definition) is 5. The second-order valence-electron chi connectivity index (χ2n) is 7.47. The number of aromatic nitrogens is 1. The lowest BCUT2D eigenvalue weighted by atomic mass is 10.2. The molecule has 1 saturated heterocycles. The molecule has 1 aromatic carbocycles. The monoisotopic (exact) mass is 439 g/mol. The quantitative estimate of drug-likeness (QED) is 0.317. The van der Waals surface area contributed by atoms with Crippen LogP contribution in [0.4, 0.5) is 0 Å². The molecular weight excluding hydrogens is 406 g/mol. The zero-order valence-electron chi connectivity index (χ0n) is 19.0. The van der Waals surface area contributed by atoms with Crippen LogP contribution in [-0.4, -0.2) is 54.5 Å². The second-order valence-corrected chi connectivity index (χ2v) is 7.47. The van der Waals surface area contributed by atoms with Crippen molar-refractivity contribution in [3.8, 4) is 17.4 Å². The van der Waals surface area contributed by atoms with E-state index < -0.39 is 0 Å². The number of amides is 1. The number of benzene rings is 1. The summed E-state index contributed by atoms with van der Waals surface area (Å²) in [5.41, 5.74) is 1.00. The van der Waals surface area contributed by atoms with Crippen molar-refractivity contribution in [3.63, 3.8) is 0 Å². The fourth-order valence-corrected chi connectivity index (χ4v) is 3.43. The van der Waals surface area contributed by atoms with E-state index in [0.717, 1.165) is 56.3 Å². The average Bonchev–Trinajstić information content (AvgIpc) is 3.21. The average molecular weight is 440 g/mol. The van der Waals surface area contributed by atoms with Crippen LogP contribution in [0.2, 0.25) is 0 Å². The first-order chi connectivity index (χ1) is 15.7. The van der Waals surface area contributed by atoms with Crippen LogP contribution in [0.3, 0.4) is 0 Å². The number of pyridine rings is 1. The molecule has 0 radical (unpaired) electrons. The molecule has 1 aromatic heterocycles. The van der Waals surface area contributed by atoms with E-state index in [2.05, 4.69) is 20.6 Å². The smallest absolute Gasteiger partial charge is 0.222 e. The molecule has 2 aromatic rings. The number of carbonyl (C=O) groups is 1. The maximum absolute atomic E-state index is 11.7. The molecule has 0 atom stereocenters. The van der Waals surface area contributed by atoms with Gasteiger partial charge in [0.25, 0.3) is 0 Å². The molecule has 172 valence electrons. The number of rotatable bonds is 11. The minimum absolute atomic E-state index is 0.270. The molecule has 1 amide bonds. The van der Waals surface area contributed by atoms with E-state index in [4.69, 9.17) is 9.47 Å². The van der Waals surface area contributed by atoms with Crippen molar-refractivity contribution in [3.05, 3.63) is 48.2 Å². The molecule has 2 heterocycles. The van der Waals surface area contributed by atoms with Gasteiger partial charge in [0, 0.05) is 44.9 Å². The number of guanidine groups is 1. The number of aliphatic imine (C=N–C) groups is 1. The molecule has 0 aliphatic carbocycles. The Morgan fingerprint density at radius 3 is 2.69 bits per heavy atom. The Morgan fingerprint density at radius 1 is 1.16 bits per heavy atom. The molecule has 0 saturated carbocycles. The van der Waals surface area contributed by atoms with Gasteiger partial charge in [-0.05, 0) is 62.6 Å². The van der Waals surface area contributed by atoms with Crippen LogP contribution >= 0.6 is 0 Å². The van der Waals surface area contributed by atoms with Gasteiger partial charge in [-0.3, -0.25) is 4.79 Å². The number of nitrogens with zero attached hydrogens (tertiary/aromatic N) is 3. The fraction of sp³-hybridized carbons (Fsp3) is 0.458. The van der Waals surface area contributed by atoms with Crippen LogP contribution < -0.4 is 20.1 Å². The number of nitrogens with one attached hydrogen (secondary N) is 2.